The molecule has 0 saturated carbocycles. The molecule has 5 heteroatoms. The van der Waals surface area contributed by atoms with Gasteiger partial charge in [-0.05, 0) is 60.2 Å². The van der Waals surface area contributed by atoms with Crippen LogP contribution in [0.15, 0.2) is 36.4 Å². The van der Waals surface area contributed by atoms with Gasteiger partial charge in [0.1, 0.15) is 0 Å². The zero-order valence-electron chi connectivity index (χ0n) is 14.7. The molecule has 1 atom stereocenters. The van der Waals surface area contributed by atoms with Gasteiger partial charge in [-0.25, -0.2) is 0 Å². The predicted molar refractivity (Wildman–Crippen MR) is 97.9 cm³/mol. The predicted octanol–water partition coefficient (Wildman–Crippen LogP) is 3.02. The molecule has 132 valence electrons. The van der Waals surface area contributed by atoms with Gasteiger partial charge in [-0.15, -0.1) is 0 Å². The lowest BCUT2D eigenvalue weighted by atomic mass is 9.87. The summed E-state index contributed by atoms with van der Waals surface area (Å²) in [6, 6.07) is 11.5. The molecule has 3 rings (SSSR count). The molecule has 1 aliphatic rings. The average Bonchev–Trinajstić information content (AvgIpc) is 2.61. The molecule has 2 aromatic rings. The van der Waals surface area contributed by atoms with E-state index < -0.39 is 0 Å². The number of anilines is 1. The number of carbonyl (C=O) groups excluding carboxylic acids is 1. The van der Waals surface area contributed by atoms with Gasteiger partial charge < -0.3 is 20.5 Å². The Bertz CT molecular complexity index is 774. The smallest absolute Gasteiger partial charge is 0.224 e. The van der Waals surface area contributed by atoms with Crippen LogP contribution in [0.4, 0.5) is 5.69 Å². The number of nitrogens with two attached hydrogens (primary N) is 1. The first-order chi connectivity index (χ1) is 12.1. The topological polar surface area (TPSA) is 73.6 Å². The fourth-order valence-electron chi connectivity index (χ4n) is 3.41. The number of methoxy groups -OCH3 is 2. The largest absolute Gasteiger partial charge is 0.493 e. The van der Waals surface area contributed by atoms with E-state index >= 15 is 0 Å². The minimum absolute atomic E-state index is 0.00175. The first-order valence-electron chi connectivity index (χ1n) is 8.49. The Morgan fingerprint density at radius 2 is 1.96 bits per heavy atom. The van der Waals surface area contributed by atoms with Gasteiger partial charge in [0.15, 0.2) is 11.5 Å². The molecule has 25 heavy (non-hydrogen) atoms. The second-order valence-electron chi connectivity index (χ2n) is 6.34. The van der Waals surface area contributed by atoms with Crippen molar-refractivity contribution in [3.8, 4) is 11.5 Å². The molecule has 0 fully saturated rings. The summed E-state index contributed by atoms with van der Waals surface area (Å²) in [6.45, 7) is 0. The number of fused-ring (bicyclic) bond motifs is 1. The number of rotatable bonds is 5. The summed E-state index contributed by atoms with van der Waals surface area (Å²) >= 11 is 0. The van der Waals surface area contributed by atoms with E-state index in [1.54, 1.807) is 14.2 Å². The Balaban J connectivity index is 1.70. The second-order valence-corrected chi connectivity index (χ2v) is 6.34. The number of ether oxygens (including phenoxy) is 2. The van der Waals surface area contributed by atoms with Gasteiger partial charge in [0.05, 0.1) is 26.7 Å². The van der Waals surface area contributed by atoms with Crippen LogP contribution in [0.2, 0.25) is 0 Å². The molecule has 0 radical (unpaired) electrons. The number of nitrogen functional groups attached to an aromatic ring is 1. The molecule has 2 aromatic carbocycles. The van der Waals surface area contributed by atoms with Gasteiger partial charge in [0.2, 0.25) is 5.91 Å². The zero-order chi connectivity index (χ0) is 17.8. The molecule has 1 amide bonds. The van der Waals surface area contributed by atoms with Gasteiger partial charge >= 0.3 is 0 Å². The van der Waals surface area contributed by atoms with Crippen LogP contribution < -0.4 is 20.5 Å². The van der Waals surface area contributed by atoms with Crippen molar-refractivity contribution in [1.29, 1.82) is 0 Å². The monoisotopic (exact) mass is 340 g/mol. The number of hydrogen-bond acceptors (Lipinski definition) is 4. The fraction of sp³-hybridized carbons (Fsp3) is 0.350. The number of hydrogen-bond donors (Lipinski definition) is 2. The van der Waals surface area contributed by atoms with Crippen molar-refractivity contribution in [2.75, 3.05) is 20.0 Å². The van der Waals surface area contributed by atoms with Crippen LogP contribution in [0.5, 0.6) is 11.5 Å². The lowest BCUT2D eigenvalue weighted by Crippen LogP contribution is -2.32. The molecule has 5 nitrogen and oxygen atoms in total. The maximum Gasteiger partial charge on any atom is 0.224 e. The van der Waals surface area contributed by atoms with E-state index in [9.17, 15) is 4.79 Å². The summed E-state index contributed by atoms with van der Waals surface area (Å²) in [6.07, 6.45) is 3.33. The first kappa shape index (κ1) is 17.1. The Morgan fingerprint density at radius 3 is 2.72 bits per heavy atom. The minimum Gasteiger partial charge on any atom is -0.493 e. The third kappa shape index (κ3) is 3.87. The highest BCUT2D eigenvalue weighted by Gasteiger charge is 2.22. The molecule has 0 aromatic heterocycles. The van der Waals surface area contributed by atoms with Crippen LogP contribution >= 0.6 is 0 Å². The summed E-state index contributed by atoms with van der Waals surface area (Å²) in [5, 5.41) is 3.16. The quantitative estimate of drug-likeness (QED) is 0.821. The van der Waals surface area contributed by atoms with E-state index in [0.29, 0.717) is 17.9 Å². The normalized spacial score (nSPS) is 16.0. The van der Waals surface area contributed by atoms with E-state index in [1.807, 2.05) is 36.4 Å². The minimum atomic E-state index is 0.00175. The maximum absolute atomic E-state index is 12.5. The van der Waals surface area contributed by atoms with E-state index in [4.69, 9.17) is 15.2 Å². The van der Waals surface area contributed by atoms with Crippen LogP contribution in [0, 0.1) is 0 Å². The molecule has 1 unspecified atom stereocenters. The van der Waals surface area contributed by atoms with Gasteiger partial charge in [-0.2, -0.15) is 0 Å². The summed E-state index contributed by atoms with van der Waals surface area (Å²) in [5.74, 6) is 1.29. The molecule has 0 bridgehead atoms. The molecule has 0 saturated heterocycles. The Morgan fingerprint density at radius 1 is 1.16 bits per heavy atom. The van der Waals surface area contributed by atoms with Crippen LogP contribution in [0.25, 0.3) is 0 Å². The van der Waals surface area contributed by atoms with Crippen LogP contribution in [0.3, 0.4) is 0 Å². The van der Waals surface area contributed by atoms with Gasteiger partial charge in [0, 0.05) is 5.69 Å². The lowest BCUT2D eigenvalue weighted by molar-refractivity contribution is -0.121. The number of benzene rings is 2. The summed E-state index contributed by atoms with van der Waals surface area (Å²) < 4.78 is 10.5. The van der Waals surface area contributed by atoms with E-state index in [1.165, 1.54) is 11.1 Å². The van der Waals surface area contributed by atoms with Gasteiger partial charge in [-0.1, -0.05) is 12.1 Å². The molecule has 0 aliphatic heterocycles. The molecular weight excluding hydrogens is 316 g/mol. The lowest BCUT2D eigenvalue weighted by Gasteiger charge is -2.26. The summed E-state index contributed by atoms with van der Waals surface area (Å²) in [4.78, 5) is 12.5. The molecular formula is C20H24N2O3. The van der Waals surface area contributed by atoms with Crippen molar-refractivity contribution in [2.24, 2.45) is 0 Å². The zero-order valence-corrected chi connectivity index (χ0v) is 14.7. The van der Waals surface area contributed by atoms with Gasteiger partial charge in [0.25, 0.3) is 0 Å². The Labute approximate surface area is 148 Å². The highest BCUT2D eigenvalue weighted by Crippen LogP contribution is 2.31. The van der Waals surface area contributed by atoms with E-state index in [2.05, 4.69) is 5.32 Å². The van der Waals surface area contributed by atoms with E-state index in [-0.39, 0.29) is 11.9 Å². The van der Waals surface area contributed by atoms with Crippen molar-refractivity contribution in [1.82, 2.24) is 5.32 Å². The first-order valence-corrected chi connectivity index (χ1v) is 8.49. The highest BCUT2D eigenvalue weighted by atomic mass is 16.5. The van der Waals surface area contributed by atoms with Crippen molar-refractivity contribution < 1.29 is 14.3 Å². The van der Waals surface area contributed by atoms with Crippen LogP contribution in [-0.4, -0.2) is 20.1 Å². The van der Waals surface area contributed by atoms with Crippen LogP contribution in [0.1, 0.15) is 35.6 Å². The highest BCUT2D eigenvalue weighted by molar-refractivity contribution is 5.79. The fourth-order valence-corrected chi connectivity index (χ4v) is 3.41. The standard InChI is InChI=1S/C20H24N2O3/c1-24-18-9-6-13(10-19(18)25-2)11-20(23)22-17-5-3-4-14-12-15(21)7-8-16(14)17/h6-10,12,17H,3-5,11,21H2,1-2H3,(H,22,23). The molecule has 0 heterocycles. The van der Waals surface area contributed by atoms with Crippen LogP contribution in [-0.2, 0) is 17.6 Å². The SMILES string of the molecule is COc1ccc(CC(=O)NC2CCCc3cc(N)ccc32)cc1OC. The van der Waals surface area contributed by atoms with Crippen molar-refractivity contribution in [2.45, 2.75) is 31.7 Å². The molecule has 1 aliphatic carbocycles. The number of amides is 1. The molecule has 3 N–H and O–H groups in total. The summed E-state index contributed by atoms with van der Waals surface area (Å²) in [5.41, 5.74) is 9.96. The Hall–Kier alpha value is -2.69. The van der Waals surface area contributed by atoms with Crippen molar-refractivity contribution in [3.63, 3.8) is 0 Å². The Kier molecular flexibility index (Phi) is 5.12. The number of aryl methyl sites for hydroxylation is 1. The number of nitrogens with one attached hydrogen (secondary N) is 1. The third-order valence-corrected chi connectivity index (χ3v) is 4.63. The van der Waals surface area contributed by atoms with Crippen molar-refractivity contribution >= 4 is 11.6 Å². The van der Waals surface area contributed by atoms with E-state index in [0.717, 1.165) is 30.5 Å². The molecule has 0 spiro atoms. The summed E-state index contributed by atoms with van der Waals surface area (Å²) in [7, 11) is 3.18. The second kappa shape index (κ2) is 7.47. The third-order valence-electron chi connectivity index (χ3n) is 4.63. The average molecular weight is 340 g/mol. The number of carbonyl (C=O) groups is 1. The van der Waals surface area contributed by atoms with Crippen molar-refractivity contribution in [3.05, 3.63) is 53.1 Å². The maximum atomic E-state index is 12.5. The van der Waals surface area contributed by atoms with Gasteiger partial charge in [-0.3, -0.25) is 4.79 Å².